The number of nitrogens with zero attached hydrogens (tertiary/aromatic N) is 1. The van der Waals surface area contributed by atoms with Crippen molar-refractivity contribution >= 4 is 17.9 Å². The van der Waals surface area contributed by atoms with Gasteiger partial charge in [-0.05, 0) is 17.5 Å². The summed E-state index contributed by atoms with van der Waals surface area (Å²) in [6.07, 6.45) is 6.05. The summed E-state index contributed by atoms with van der Waals surface area (Å²) < 4.78 is 19.0. The lowest BCUT2D eigenvalue weighted by molar-refractivity contribution is -0.956. The lowest BCUT2D eigenvalue weighted by atomic mass is 9.85. The summed E-state index contributed by atoms with van der Waals surface area (Å²) in [5, 5.41) is 8.89. The molecule has 214 valence electrons. The van der Waals surface area contributed by atoms with E-state index in [0.717, 1.165) is 12.8 Å². The lowest BCUT2D eigenvalue weighted by Gasteiger charge is -2.47. The Hall–Kier alpha value is -3.27. The molecule has 2 bridgehead atoms. The second-order valence-corrected chi connectivity index (χ2v) is 11.3. The predicted molar refractivity (Wildman–Crippen MR) is 146 cm³/mol. The highest BCUT2D eigenvalue weighted by Crippen LogP contribution is 2.47. The van der Waals surface area contributed by atoms with Gasteiger partial charge in [0.1, 0.15) is 12.1 Å². The highest BCUT2D eigenvalue weighted by molar-refractivity contribution is 5.86. The Morgan fingerprint density at radius 2 is 1.48 bits per heavy atom. The van der Waals surface area contributed by atoms with Gasteiger partial charge < -0.3 is 29.5 Å². The van der Waals surface area contributed by atoms with Gasteiger partial charge in [-0.3, -0.25) is 9.59 Å². The van der Waals surface area contributed by atoms with Crippen LogP contribution in [0.3, 0.4) is 0 Å². The Bertz CT molecular complexity index is 1130. The van der Waals surface area contributed by atoms with Gasteiger partial charge in [-0.15, -0.1) is 0 Å². The van der Waals surface area contributed by atoms with E-state index in [9.17, 15) is 14.4 Å². The first-order valence-corrected chi connectivity index (χ1v) is 14.3. The molecule has 0 aliphatic carbocycles. The van der Waals surface area contributed by atoms with Crippen molar-refractivity contribution in [2.24, 2.45) is 5.73 Å². The monoisotopic (exact) mass is 551 g/mol. The summed E-state index contributed by atoms with van der Waals surface area (Å²) >= 11 is 0. The van der Waals surface area contributed by atoms with Gasteiger partial charge in [-0.25, -0.2) is 4.79 Å². The Morgan fingerprint density at radius 3 is 2.00 bits per heavy atom. The molecule has 0 aromatic heterocycles. The number of esters is 2. The minimum atomic E-state index is -1.68. The lowest BCUT2D eigenvalue weighted by Crippen LogP contribution is -2.60. The summed E-state index contributed by atoms with van der Waals surface area (Å²) in [4.78, 5) is 37.6. The van der Waals surface area contributed by atoms with Crippen molar-refractivity contribution < 1.29 is 38.2 Å². The van der Waals surface area contributed by atoms with E-state index < -0.39 is 36.3 Å². The minimum absolute atomic E-state index is 0.0667. The third-order valence-electron chi connectivity index (χ3n) is 9.13. The van der Waals surface area contributed by atoms with Crippen molar-refractivity contribution in [3.05, 3.63) is 71.8 Å². The number of nitrogens with two attached hydrogens (primary N) is 1. The standard InChI is InChI=1S/C31H38N2O7/c32-27(15-16-28(34)35)29(36)38-21-39-31(22-9-3-1-4-10-22,23-11-5-2-6-12-23)30(37)40-26-19-24-13-14-25(20-26)33(24)17-7-8-18-33/h1-6,9-12,24-27H,7-8,13-21,32H2/p+1/t24?,25?,26?,27-/m0/s1. The van der Waals surface area contributed by atoms with Crippen LogP contribution in [0, 0.1) is 0 Å². The topological polar surface area (TPSA) is 125 Å². The molecule has 3 aliphatic heterocycles. The van der Waals surface area contributed by atoms with Gasteiger partial charge >= 0.3 is 17.9 Å². The van der Waals surface area contributed by atoms with E-state index in [4.69, 9.17) is 25.1 Å². The van der Waals surface area contributed by atoms with E-state index in [1.54, 1.807) is 24.3 Å². The maximum atomic E-state index is 14.3. The fraction of sp³-hybridized carbons (Fsp3) is 0.516. The third kappa shape index (κ3) is 5.50. The summed E-state index contributed by atoms with van der Waals surface area (Å²) in [6.45, 7) is 1.91. The van der Waals surface area contributed by atoms with Crippen molar-refractivity contribution in [2.45, 2.75) is 81.2 Å². The number of hydrogen-bond acceptors (Lipinski definition) is 7. The second kappa shape index (κ2) is 12.1. The van der Waals surface area contributed by atoms with Gasteiger partial charge in [0, 0.05) is 44.9 Å². The highest BCUT2D eigenvalue weighted by atomic mass is 16.7. The van der Waals surface area contributed by atoms with Crippen LogP contribution in [0.5, 0.6) is 0 Å². The zero-order valence-corrected chi connectivity index (χ0v) is 22.8. The smallest absolute Gasteiger partial charge is 0.348 e. The van der Waals surface area contributed by atoms with Crippen LogP contribution in [-0.2, 0) is 34.2 Å². The summed E-state index contributed by atoms with van der Waals surface area (Å²) in [7, 11) is 0. The number of hydrogen-bond donors (Lipinski definition) is 2. The fourth-order valence-electron chi connectivity index (χ4n) is 7.19. The molecule has 0 amide bonds. The number of carbonyl (C=O) groups excluding carboxylic acids is 2. The van der Waals surface area contributed by atoms with Gasteiger partial charge in [-0.2, -0.15) is 0 Å². The minimum Gasteiger partial charge on any atom is -0.481 e. The molecule has 2 unspecified atom stereocenters. The molecular formula is C31H39N2O7+. The maximum Gasteiger partial charge on any atom is 0.348 e. The first kappa shape index (κ1) is 28.3. The molecule has 9 nitrogen and oxygen atoms in total. The molecule has 3 fully saturated rings. The number of piperidine rings is 1. The highest BCUT2D eigenvalue weighted by Gasteiger charge is 2.57. The molecule has 3 aliphatic rings. The molecule has 3 N–H and O–H groups in total. The Balaban J connectivity index is 1.38. The number of ether oxygens (including phenoxy) is 3. The van der Waals surface area contributed by atoms with Gasteiger partial charge in [0.2, 0.25) is 5.60 Å². The maximum absolute atomic E-state index is 14.3. The second-order valence-electron chi connectivity index (χ2n) is 11.3. The molecular weight excluding hydrogens is 512 g/mol. The van der Waals surface area contributed by atoms with E-state index in [1.807, 2.05) is 36.4 Å². The largest absolute Gasteiger partial charge is 0.481 e. The van der Waals surface area contributed by atoms with Crippen LogP contribution in [0.1, 0.15) is 62.5 Å². The zero-order chi connectivity index (χ0) is 28.2. The van der Waals surface area contributed by atoms with Crippen LogP contribution in [-0.4, -0.2) is 71.6 Å². The SMILES string of the molecule is N[C@@H](CCC(=O)O)C(=O)OCOC(C(=O)OC1CC2CCC(C1)[N+]21CCCC1)(c1ccccc1)c1ccccc1. The molecule has 5 rings (SSSR count). The number of carbonyl (C=O) groups is 3. The number of benzene rings is 2. The Kier molecular flexibility index (Phi) is 8.54. The van der Waals surface area contributed by atoms with Crippen molar-refractivity contribution in [1.29, 1.82) is 0 Å². The van der Waals surface area contributed by atoms with Crippen molar-refractivity contribution in [3.63, 3.8) is 0 Å². The van der Waals surface area contributed by atoms with Crippen LogP contribution in [0.4, 0.5) is 0 Å². The van der Waals surface area contributed by atoms with Crippen molar-refractivity contribution in [1.82, 2.24) is 0 Å². The molecule has 3 saturated heterocycles. The molecule has 2 aromatic rings. The summed E-state index contributed by atoms with van der Waals surface area (Å²) in [5.41, 5.74) is 5.25. The van der Waals surface area contributed by atoms with Crippen LogP contribution in [0.25, 0.3) is 0 Å². The van der Waals surface area contributed by atoms with Crippen LogP contribution >= 0.6 is 0 Å². The van der Waals surface area contributed by atoms with E-state index in [1.165, 1.54) is 43.3 Å². The molecule has 0 radical (unpaired) electrons. The first-order chi connectivity index (χ1) is 19.3. The summed E-state index contributed by atoms with van der Waals surface area (Å²) in [5.74, 6) is -2.40. The normalized spacial score (nSPS) is 24.0. The molecule has 9 heteroatoms. The number of quaternary nitrogens is 1. The van der Waals surface area contributed by atoms with Crippen molar-refractivity contribution in [2.75, 3.05) is 19.9 Å². The molecule has 3 heterocycles. The van der Waals surface area contributed by atoms with Gasteiger partial charge in [0.25, 0.3) is 0 Å². The average molecular weight is 552 g/mol. The van der Waals surface area contributed by atoms with Gasteiger partial charge in [-0.1, -0.05) is 60.7 Å². The van der Waals surface area contributed by atoms with Crippen LogP contribution in [0.15, 0.2) is 60.7 Å². The Labute approximate surface area is 234 Å². The van der Waals surface area contributed by atoms with Crippen LogP contribution < -0.4 is 5.73 Å². The quantitative estimate of drug-likeness (QED) is 0.247. The molecule has 2 aromatic carbocycles. The van der Waals surface area contributed by atoms with E-state index in [0.29, 0.717) is 23.2 Å². The Morgan fingerprint density at radius 1 is 0.925 bits per heavy atom. The number of rotatable bonds is 11. The zero-order valence-electron chi connectivity index (χ0n) is 22.8. The third-order valence-corrected chi connectivity index (χ3v) is 9.13. The number of aliphatic carboxylic acids is 1. The summed E-state index contributed by atoms with van der Waals surface area (Å²) in [6, 6.07) is 18.1. The van der Waals surface area contributed by atoms with Crippen molar-refractivity contribution in [3.8, 4) is 0 Å². The number of carboxylic acids is 1. The first-order valence-electron chi connectivity index (χ1n) is 14.3. The van der Waals surface area contributed by atoms with Crippen LogP contribution in [0.2, 0.25) is 0 Å². The van der Waals surface area contributed by atoms with Gasteiger partial charge in [0.05, 0.1) is 25.2 Å². The van der Waals surface area contributed by atoms with E-state index >= 15 is 0 Å². The average Bonchev–Trinajstić information content (AvgIpc) is 3.51. The van der Waals surface area contributed by atoms with E-state index in [-0.39, 0.29) is 18.9 Å². The fourth-order valence-corrected chi connectivity index (χ4v) is 7.19. The number of carboxylic acid groups (broad SMARTS) is 1. The molecule has 40 heavy (non-hydrogen) atoms. The molecule has 3 atom stereocenters. The molecule has 0 saturated carbocycles. The van der Waals surface area contributed by atoms with Gasteiger partial charge in [0.15, 0.2) is 6.79 Å². The predicted octanol–water partition coefficient (Wildman–Crippen LogP) is 3.49. The van der Waals surface area contributed by atoms with E-state index in [2.05, 4.69) is 0 Å². The molecule has 1 spiro atoms.